The Hall–Kier alpha value is -0.610. The molecule has 0 bridgehead atoms. The molecule has 0 radical (unpaired) electrons. The van der Waals surface area contributed by atoms with Gasteiger partial charge in [-0.3, -0.25) is 10.2 Å². The number of carbonyl (C=O) groups excluding carboxylic acids is 1. The second kappa shape index (κ2) is 4.42. The number of hydrogen-bond donors (Lipinski definition) is 3. The minimum absolute atomic E-state index is 0.0752. The summed E-state index contributed by atoms with van der Waals surface area (Å²) in [6.07, 6.45) is 3.97. The highest BCUT2D eigenvalue weighted by Crippen LogP contribution is 2.29. The molecule has 0 heterocycles. The average molecular weight is 172 g/mol. The molecule has 0 aromatic heterocycles. The summed E-state index contributed by atoms with van der Waals surface area (Å²) in [5, 5.41) is 8.99. The molecule has 0 aromatic carbocycles. The van der Waals surface area contributed by atoms with Gasteiger partial charge >= 0.3 is 0 Å². The maximum Gasteiger partial charge on any atom is 0.237 e. The molecule has 1 amide bonds. The van der Waals surface area contributed by atoms with Gasteiger partial charge in [0.1, 0.15) is 0 Å². The van der Waals surface area contributed by atoms with E-state index in [1.807, 2.05) is 0 Å². The van der Waals surface area contributed by atoms with E-state index in [4.69, 9.17) is 10.9 Å². The number of amides is 1. The van der Waals surface area contributed by atoms with E-state index >= 15 is 0 Å². The third-order valence-electron chi connectivity index (χ3n) is 2.62. The van der Waals surface area contributed by atoms with Crippen molar-refractivity contribution in [3.8, 4) is 0 Å². The van der Waals surface area contributed by atoms with Gasteiger partial charge in [-0.2, -0.15) is 0 Å². The van der Waals surface area contributed by atoms with Crippen molar-refractivity contribution in [2.24, 2.45) is 17.7 Å². The molecule has 0 unspecified atom stereocenters. The summed E-state index contributed by atoms with van der Waals surface area (Å²) in [6, 6.07) is 0. The van der Waals surface area contributed by atoms with Crippen molar-refractivity contribution in [1.82, 2.24) is 5.43 Å². The predicted octanol–water partition coefficient (Wildman–Crippen LogP) is -0.225. The Balaban J connectivity index is 2.52. The highest BCUT2D eigenvalue weighted by atomic mass is 16.3. The molecular weight excluding hydrogens is 156 g/mol. The second-order valence-electron chi connectivity index (χ2n) is 3.34. The van der Waals surface area contributed by atoms with E-state index in [0.29, 0.717) is 0 Å². The summed E-state index contributed by atoms with van der Waals surface area (Å²) in [6.45, 7) is 0.0953. The van der Waals surface area contributed by atoms with Gasteiger partial charge < -0.3 is 5.11 Å². The minimum atomic E-state index is -0.131. The third-order valence-corrected chi connectivity index (χ3v) is 2.62. The van der Waals surface area contributed by atoms with Crippen molar-refractivity contribution < 1.29 is 9.90 Å². The first-order valence-electron chi connectivity index (χ1n) is 4.41. The lowest BCUT2D eigenvalue weighted by molar-refractivity contribution is -0.128. The van der Waals surface area contributed by atoms with Gasteiger partial charge in [0, 0.05) is 12.5 Å². The summed E-state index contributed by atoms with van der Waals surface area (Å²) in [5.41, 5.74) is 2.15. The van der Waals surface area contributed by atoms with E-state index < -0.39 is 0 Å². The van der Waals surface area contributed by atoms with E-state index in [9.17, 15) is 4.79 Å². The zero-order valence-electron chi connectivity index (χ0n) is 7.12. The fourth-order valence-corrected chi connectivity index (χ4v) is 1.88. The van der Waals surface area contributed by atoms with Gasteiger partial charge in [0.05, 0.1) is 0 Å². The smallest absolute Gasteiger partial charge is 0.237 e. The molecule has 1 rings (SSSR count). The van der Waals surface area contributed by atoms with Gasteiger partial charge in [0.25, 0.3) is 0 Å². The van der Waals surface area contributed by atoms with Crippen molar-refractivity contribution in [2.75, 3.05) is 6.61 Å². The molecule has 12 heavy (non-hydrogen) atoms. The largest absolute Gasteiger partial charge is 0.396 e. The lowest BCUT2D eigenvalue weighted by atomic mass is 9.79. The topological polar surface area (TPSA) is 75.3 Å². The Kier molecular flexibility index (Phi) is 3.49. The maximum absolute atomic E-state index is 11.2. The van der Waals surface area contributed by atoms with Crippen LogP contribution < -0.4 is 11.3 Å². The number of aliphatic hydroxyl groups is 1. The van der Waals surface area contributed by atoms with Gasteiger partial charge in [-0.05, 0) is 18.8 Å². The highest BCUT2D eigenvalue weighted by molar-refractivity contribution is 5.78. The molecule has 1 aliphatic carbocycles. The molecule has 4 heteroatoms. The summed E-state index contributed by atoms with van der Waals surface area (Å²) in [4.78, 5) is 11.2. The Labute approximate surface area is 72.1 Å². The molecule has 1 aliphatic rings. The van der Waals surface area contributed by atoms with Crippen LogP contribution in [0.2, 0.25) is 0 Å². The van der Waals surface area contributed by atoms with Crippen LogP contribution >= 0.6 is 0 Å². The second-order valence-corrected chi connectivity index (χ2v) is 3.34. The summed E-state index contributed by atoms with van der Waals surface area (Å²) < 4.78 is 0. The number of hydrazine groups is 1. The third kappa shape index (κ3) is 1.95. The van der Waals surface area contributed by atoms with Crippen LogP contribution in [-0.4, -0.2) is 17.6 Å². The normalized spacial score (nSPS) is 29.8. The lowest BCUT2D eigenvalue weighted by Crippen LogP contribution is -2.41. The van der Waals surface area contributed by atoms with Gasteiger partial charge in [0.2, 0.25) is 5.91 Å². The van der Waals surface area contributed by atoms with E-state index in [2.05, 4.69) is 5.43 Å². The summed E-state index contributed by atoms with van der Waals surface area (Å²) >= 11 is 0. The number of aliphatic hydroxyl groups excluding tert-OH is 1. The Morgan fingerprint density at radius 1 is 1.50 bits per heavy atom. The predicted molar refractivity (Wildman–Crippen MR) is 44.9 cm³/mol. The van der Waals surface area contributed by atoms with Crippen molar-refractivity contribution in [2.45, 2.75) is 25.7 Å². The van der Waals surface area contributed by atoms with Crippen molar-refractivity contribution in [1.29, 1.82) is 0 Å². The van der Waals surface area contributed by atoms with E-state index in [1.165, 1.54) is 0 Å². The molecule has 70 valence electrons. The fourth-order valence-electron chi connectivity index (χ4n) is 1.88. The Bertz CT molecular complexity index is 161. The SMILES string of the molecule is NNC(=O)[C@@H]1CCCC[C@@H]1CO. The van der Waals surface area contributed by atoms with Gasteiger partial charge in [-0.25, -0.2) is 5.84 Å². The van der Waals surface area contributed by atoms with E-state index in [0.717, 1.165) is 25.7 Å². The Morgan fingerprint density at radius 2 is 2.17 bits per heavy atom. The van der Waals surface area contributed by atoms with Crippen LogP contribution in [0.15, 0.2) is 0 Å². The number of rotatable bonds is 2. The monoisotopic (exact) mass is 172 g/mol. The van der Waals surface area contributed by atoms with Crippen LogP contribution in [0.25, 0.3) is 0 Å². The summed E-state index contributed by atoms with van der Waals surface area (Å²) in [7, 11) is 0. The van der Waals surface area contributed by atoms with Crippen molar-refractivity contribution in [3.63, 3.8) is 0 Å². The summed E-state index contributed by atoms with van der Waals surface area (Å²) in [5.74, 6) is 4.95. The number of carbonyl (C=O) groups is 1. The van der Waals surface area contributed by atoms with E-state index in [-0.39, 0.29) is 24.3 Å². The molecule has 0 aliphatic heterocycles. The fraction of sp³-hybridized carbons (Fsp3) is 0.875. The molecule has 1 fully saturated rings. The van der Waals surface area contributed by atoms with Crippen molar-refractivity contribution >= 4 is 5.91 Å². The highest BCUT2D eigenvalue weighted by Gasteiger charge is 2.29. The number of hydrogen-bond acceptors (Lipinski definition) is 3. The first-order valence-corrected chi connectivity index (χ1v) is 4.41. The van der Waals surface area contributed by atoms with Gasteiger partial charge in [-0.15, -0.1) is 0 Å². The molecule has 4 nitrogen and oxygen atoms in total. The average Bonchev–Trinajstić information content (AvgIpc) is 2.16. The standard InChI is InChI=1S/C8H16N2O2/c9-10-8(12)7-4-2-1-3-6(7)5-11/h6-7,11H,1-5,9H2,(H,10,12)/t6-,7-/m1/s1. The first-order chi connectivity index (χ1) is 5.79. The van der Waals surface area contributed by atoms with Crippen LogP contribution in [-0.2, 0) is 4.79 Å². The van der Waals surface area contributed by atoms with Crippen LogP contribution in [0.1, 0.15) is 25.7 Å². The van der Waals surface area contributed by atoms with Crippen LogP contribution in [0, 0.1) is 11.8 Å². The van der Waals surface area contributed by atoms with Gasteiger partial charge in [0.15, 0.2) is 0 Å². The van der Waals surface area contributed by atoms with E-state index in [1.54, 1.807) is 0 Å². The van der Waals surface area contributed by atoms with Crippen LogP contribution in [0.4, 0.5) is 0 Å². The molecule has 4 N–H and O–H groups in total. The first kappa shape index (κ1) is 9.48. The number of nitrogens with two attached hydrogens (primary N) is 1. The van der Waals surface area contributed by atoms with Crippen molar-refractivity contribution in [3.05, 3.63) is 0 Å². The molecule has 2 atom stereocenters. The molecule has 0 spiro atoms. The quantitative estimate of drug-likeness (QED) is 0.306. The molecular formula is C8H16N2O2. The minimum Gasteiger partial charge on any atom is -0.396 e. The Morgan fingerprint density at radius 3 is 2.75 bits per heavy atom. The molecule has 1 saturated carbocycles. The number of nitrogens with one attached hydrogen (secondary N) is 1. The molecule has 0 saturated heterocycles. The lowest BCUT2D eigenvalue weighted by Gasteiger charge is -2.28. The van der Waals surface area contributed by atoms with Gasteiger partial charge in [-0.1, -0.05) is 12.8 Å². The molecule has 0 aromatic rings. The maximum atomic E-state index is 11.2. The zero-order valence-corrected chi connectivity index (χ0v) is 7.12. The van der Waals surface area contributed by atoms with Crippen LogP contribution in [0.3, 0.4) is 0 Å². The van der Waals surface area contributed by atoms with Crippen LogP contribution in [0.5, 0.6) is 0 Å². The zero-order chi connectivity index (χ0) is 8.97.